The molecular weight excluding hydrogens is 350 g/mol. The summed E-state index contributed by atoms with van der Waals surface area (Å²) in [5.41, 5.74) is 0.944. The van der Waals surface area contributed by atoms with Crippen LogP contribution in [0.2, 0.25) is 0 Å². The zero-order valence-corrected chi connectivity index (χ0v) is 16.1. The van der Waals surface area contributed by atoms with Crippen molar-refractivity contribution >= 4 is 16.9 Å². The number of benzene rings is 2. The van der Waals surface area contributed by atoms with E-state index in [0.717, 1.165) is 55.7 Å². The van der Waals surface area contributed by atoms with Gasteiger partial charge >= 0.3 is 6.03 Å². The minimum absolute atomic E-state index is 0.0626. The van der Waals surface area contributed by atoms with Crippen LogP contribution in [0.3, 0.4) is 0 Å². The van der Waals surface area contributed by atoms with E-state index in [1.807, 2.05) is 66.9 Å². The van der Waals surface area contributed by atoms with E-state index < -0.39 is 0 Å². The second kappa shape index (κ2) is 8.93. The van der Waals surface area contributed by atoms with Crippen LogP contribution in [0.1, 0.15) is 12.8 Å². The van der Waals surface area contributed by atoms with E-state index >= 15 is 0 Å². The molecule has 146 valence electrons. The zero-order valence-electron chi connectivity index (χ0n) is 16.1. The SMILES string of the molecule is O=C(NCCN1CCC(COc2ccccc2)CC1)n1ccc2ccccc21. The maximum absolute atomic E-state index is 12.5. The highest BCUT2D eigenvalue weighted by molar-refractivity contribution is 5.91. The number of para-hydroxylation sites is 2. The Morgan fingerprint density at radius 3 is 2.57 bits per heavy atom. The van der Waals surface area contributed by atoms with Crippen LogP contribution in [-0.4, -0.2) is 48.3 Å². The number of likely N-dealkylation sites (tertiary alicyclic amines) is 1. The number of hydrogen-bond acceptors (Lipinski definition) is 3. The van der Waals surface area contributed by atoms with E-state index in [1.165, 1.54) is 0 Å². The van der Waals surface area contributed by atoms with E-state index in [1.54, 1.807) is 4.57 Å². The third-order valence-electron chi connectivity index (χ3n) is 5.46. The highest BCUT2D eigenvalue weighted by atomic mass is 16.5. The van der Waals surface area contributed by atoms with Gasteiger partial charge in [-0.1, -0.05) is 36.4 Å². The lowest BCUT2D eigenvalue weighted by Crippen LogP contribution is -2.41. The van der Waals surface area contributed by atoms with Gasteiger partial charge < -0.3 is 15.0 Å². The van der Waals surface area contributed by atoms with Crippen LogP contribution in [0.4, 0.5) is 4.79 Å². The Morgan fingerprint density at radius 1 is 1.00 bits per heavy atom. The van der Waals surface area contributed by atoms with Crippen molar-refractivity contribution in [1.29, 1.82) is 0 Å². The Hall–Kier alpha value is -2.79. The molecule has 1 saturated heterocycles. The number of carbonyl (C=O) groups excluding carboxylic acids is 1. The van der Waals surface area contributed by atoms with Gasteiger partial charge in [0, 0.05) is 24.7 Å². The van der Waals surface area contributed by atoms with Crippen molar-refractivity contribution in [3.05, 3.63) is 66.9 Å². The van der Waals surface area contributed by atoms with E-state index in [-0.39, 0.29) is 6.03 Å². The first-order valence-electron chi connectivity index (χ1n) is 10.0. The summed E-state index contributed by atoms with van der Waals surface area (Å²) in [6.07, 6.45) is 4.12. The summed E-state index contributed by atoms with van der Waals surface area (Å²) in [5.74, 6) is 1.56. The molecule has 1 fully saturated rings. The number of nitrogens with zero attached hydrogens (tertiary/aromatic N) is 2. The standard InChI is InChI=1S/C23H27N3O2/c27-23(26-16-12-20-6-4-5-9-22(20)26)24-13-17-25-14-10-19(11-15-25)18-28-21-7-2-1-3-8-21/h1-9,12,16,19H,10-11,13-15,17-18H2,(H,24,27). The summed E-state index contributed by atoms with van der Waals surface area (Å²) < 4.78 is 7.57. The molecule has 2 aromatic carbocycles. The minimum atomic E-state index is -0.0626. The summed E-state index contributed by atoms with van der Waals surface area (Å²) >= 11 is 0. The topological polar surface area (TPSA) is 46.5 Å². The van der Waals surface area contributed by atoms with Crippen molar-refractivity contribution in [2.75, 3.05) is 32.8 Å². The lowest BCUT2D eigenvalue weighted by atomic mass is 9.98. The van der Waals surface area contributed by atoms with Crippen LogP contribution >= 0.6 is 0 Å². The van der Waals surface area contributed by atoms with Crippen LogP contribution in [0.15, 0.2) is 66.9 Å². The van der Waals surface area contributed by atoms with Crippen LogP contribution in [0.5, 0.6) is 5.75 Å². The molecular formula is C23H27N3O2. The van der Waals surface area contributed by atoms with Crippen molar-refractivity contribution in [2.24, 2.45) is 5.92 Å². The first-order chi connectivity index (χ1) is 13.8. The summed E-state index contributed by atoms with van der Waals surface area (Å²) in [4.78, 5) is 14.9. The molecule has 3 aromatic rings. The van der Waals surface area contributed by atoms with E-state index in [4.69, 9.17) is 4.74 Å². The Morgan fingerprint density at radius 2 is 1.75 bits per heavy atom. The number of amides is 1. The summed E-state index contributed by atoms with van der Waals surface area (Å²) in [7, 11) is 0. The van der Waals surface area contributed by atoms with Gasteiger partial charge in [0.15, 0.2) is 0 Å². The van der Waals surface area contributed by atoms with Gasteiger partial charge in [0.25, 0.3) is 0 Å². The molecule has 0 bridgehead atoms. The number of hydrogen-bond donors (Lipinski definition) is 1. The maximum Gasteiger partial charge on any atom is 0.326 e. The minimum Gasteiger partial charge on any atom is -0.493 e. The molecule has 4 rings (SSSR count). The van der Waals surface area contributed by atoms with Gasteiger partial charge in [0.1, 0.15) is 5.75 Å². The van der Waals surface area contributed by atoms with Crippen molar-refractivity contribution in [3.8, 4) is 5.75 Å². The molecule has 0 radical (unpaired) electrons. The Labute approximate surface area is 165 Å². The normalized spacial score (nSPS) is 15.6. The number of ether oxygens (including phenoxy) is 1. The second-order valence-electron chi connectivity index (χ2n) is 7.39. The van der Waals surface area contributed by atoms with Crippen LogP contribution in [-0.2, 0) is 0 Å². The summed E-state index contributed by atoms with van der Waals surface area (Å²) in [5, 5.41) is 4.12. The number of piperidine rings is 1. The average Bonchev–Trinajstić information content (AvgIpc) is 3.18. The van der Waals surface area contributed by atoms with Crippen molar-refractivity contribution < 1.29 is 9.53 Å². The largest absolute Gasteiger partial charge is 0.493 e. The van der Waals surface area contributed by atoms with Gasteiger partial charge in [-0.25, -0.2) is 4.79 Å². The zero-order chi connectivity index (χ0) is 19.2. The van der Waals surface area contributed by atoms with Gasteiger partial charge in [0.05, 0.1) is 12.1 Å². The highest BCUT2D eigenvalue weighted by Gasteiger charge is 2.19. The molecule has 1 aliphatic heterocycles. The smallest absolute Gasteiger partial charge is 0.326 e. The molecule has 5 nitrogen and oxygen atoms in total. The fourth-order valence-electron chi connectivity index (χ4n) is 3.77. The van der Waals surface area contributed by atoms with Crippen molar-refractivity contribution in [1.82, 2.24) is 14.8 Å². The number of carbonyl (C=O) groups is 1. The van der Waals surface area contributed by atoms with Crippen LogP contribution in [0, 0.1) is 5.92 Å². The molecule has 1 amide bonds. The third-order valence-corrected chi connectivity index (χ3v) is 5.46. The molecule has 5 heteroatoms. The fourth-order valence-corrected chi connectivity index (χ4v) is 3.77. The Bertz CT molecular complexity index is 898. The molecule has 1 aromatic heterocycles. The molecule has 28 heavy (non-hydrogen) atoms. The van der Waals surface area contributed by atoms with Gasteiger partial charge in [-0.3, -0.25) is 4.57 Å². The van der Waals surface area contributed by atoms with E-state index in [2.05, 4.69) is 10.2 Å². The molecule has 0 atom stereocenters. The van der Waals surface area contributed by atoms with Gasteiger partial charge in [0.2, 0.25) is 0 Å². The molecule has 0 spiro atoms. The van der Waals surface area contributed by atoms with E-state index in [9.17, 15) is 4.79 Å². The molecule has 0 saturated carbocycles. The third kappa shape index (κ3) is 4.54. The number of rotatable bonds is 6. The van der Waals surface area contributed by atoms with Crippen molar-refractivity contribution in [3.63, 3.8) is 0 Å². The summed E-state index contributed by atoms with van der Waals surface area (Å²) in [6.45, 7) is 4.46. The first kappa shape index (κ1) is 18.6. The van der Waals surface area contributed by atoms with Gasteiger partial charge in [-0.2, -0.15) is 0 Å². The number of nitrogens with one attached hydrogen (secondary N) is 1. The lowest BCUT2D eigenvalue weighted by molar-refractivity contribution is 0.142. The Kier molecular flexibility index (Phi) is 5.92. The Balaban J connectivity index is 1.17. The quantitative estimate of drug-likeness (QED) is 0.707. The predicted octanol–water partition coefficient (Wildman–Crippen LogP) is 3.99. The monoisotopic (exact) mass is 377 g/mol. The van der Waals surface area contributed by atoms with E-state index in [0.29, 0.717) is 12.5 Å². The average molecular weight is 377 g/mol. The molecule has 0 unspecified atom stereocenters. The van der Waals surface area contributed by atoms with Crippen LogP contribution < -0.4 is 10.1 Å². The highest BCUT2D eigenvalue weighted by Crippen LogP contribution is 2.19. The molecule has 1 N–H and O–H groups in total. The van der Waals surface area contributed by atoms with Gasteiger partial charge in [-0.15, -0.1) is 0 Å². The molecule has 0 aliphatic carbocycles. The predicted molar refractivity (Wildman–Crippen MR) is 112 cm³/mol. The lowest BCUT2D eigenvalue weighted by Gasteiger charge is -2.31. The summed E-state index contributed by atoms with van der Waals surface area (Å²) in [6, 6.07) is 19.9. The number of fused-ring (bicyclic) bond motifs is 1. The maximum atomic E-state index is 12.5. The van der Waals surface area contributed by atoms with Crippen molar-refractivity contribution in [2.45, 2.75) is 12.8 Å². The second-order valence-corrected chi connectivity index (χ2v) is 7.39. The van der Waals surface area contributed by atoms with Gasteiger partial charge in [-0.05, 0) is 56.1 Å². The molecule has 1 aliphatic rings. The van der Waals surface area contributed by atoms with Crippen LogP contribution in [0.25, 0.3) is 10.9 Å². The first-order valence-corrected chi connectivity index (χ1v) is 10.0. The number of aromatic nitrogens is 1. The fraction of sp³-hybridized carbons (Fsp3) is 0.348. The molecule has 2 heterocycles.